The third-order valence-corrected chi connectivity index (χ3v) is 6.01. The van der Waals surface area contributed by atoms with Crippen LogP contribution in [-0.4, -0.2) is 16.8 Å². The number of hydrogen-bond donors (Lipinski definition) is 2. The van der Waals surface area contributed by atoms with E-state index < -0.39 is 0 Å². The Kier molecular flexibility index (Phi) is 7.17. The van der Waals surface area contributed by atoms with Crippen molar-refractivity contribution in [1.29, 1.82) is 0 Å². The maximum atomic E-state index is 12.9. The molecule has 4 aromatic rings. The van der Waals surface area contributed by atoms with Gasteiger partial charge in [-0.3, -0.25) is 9.59 Å². The van der Waals surface area contributed by atoms with Gasteiger partial charge in [0.15, 0.2) is 0 Å². The predicted molar refractivity (Wildman–Crippen MR) is 134 cm³/mol. The van der Waals surface area contributed by atoms with Crippen LogP contribution in [0, 0.1) is 6.92 Å². The molecule has 2 amide bonds. The fourth-order valence-corrected chi connectivity index (χ4v) is 4.02. The molecule has 5 nitrogen and oxygen atoms in total. The fraction of sp³-hybridized carbons (Fsp3) is 0.0741. The van der Waals surface area contributed by atoms with Gasteiger partial charge >= 0.3 is 0 Å². The second kappa shape index (κ2) is 10.6. The number of aryl methyl sites for hydroxylation is 1. The average molecular weight is 454 g/mol. The van der Waals surface area contributed by atoms with Crippen LogP contribution in [0.1, 0.15) is 31.8 Å². The molecule has 3 aromatic carbocycles. The van der Waals surface area contributed by atoms with Crippen LogP contribution in [0.15, 0.2) is 102 Å². The standard InChI is InChI=1S/C27H23N3O2S/c1-19-13-14-22(17-24(19)30-26(31)21-9-3-2-4-10-21)27(32)29-23-11-7-8-20(16-23)18-33-25-12-5-6-15-28-25/h2-17H,18H2,1H3,(H,29,32)(H,30,31). The molecule has 2 N–H and O–H groups in total. The molecule has 0 spiro atoms. The van der Waals surface area contributed by atoms with Gasteiger partial charge in [-0.2, -0.15) is 0 Å². The highest BCUT2D eigenvalue weighted by Crippen LogP contribution is 2.23. The number of nitrogens with zero attached hydrogens (tertiary/aromatic N) is 1. The van der Waals surface area contributed by atoms with Crippen molar-refractivity contribution in [3.8, 4) is 0 Å². The van der Waals surface area contributed by atoms with Crippen molar-refractivity contribution in [2.45, 2.75) is 17.7 Å². The molecule has 0 saturated carbocycles. The van der Waals surface area contributed by atoms with Gasteiger partial charge in [-0.05, 0) is 66.6 Å². The van der Waals surface area contributed by atoms with Gasteiger partial charge in [0.2, 0.25) is 0 Å². The highest BCUT2D eigenvalue weighted by atomic mass is 32.2. The van der Waals surface area contributed by atoms with Gasteiger partial charge in [0.05, 0.1) is 5.03 Å². The Hall–Kier alpha value is -3.90. The average Bonchev–Trinajstić information content (AvgIpc) is 2.85. The molecule has 0 saturated heterocycles. The first-order chi connectivity index (χ1) is 16.1. The summed E-state index contributed by atoms with van der Waals surface area (Å²) in [5.74, 6) is 0.301. The van der Waals surface area contributed by atoms with Gasteiger partial charge < -0.3 is 10.6 Å². The SMILES string of the molecule is Cc1ccc(C(=O)Nc2cccc(CSc3ccccn3)c2)cc1NC(=O)c1ccccc1. The molecule has 0 aliphatic carbocycles. The van der Waals surface area contributed by atoms with Crippen LogP contribution in [-0.2, 0) is 5.75 Å². The van der Waals surface area contributed by atoms with Crippen LogP contribution in [0.3, 0.4) is 0 Å². The summed E-state index contributed by atoms with van der Waals surface area (Å²) >= 11 is 1.64. The summed E-state index contributed by atoms with van der Waals surface area (Å²) in [5, 5.41) is 6.81. The first kappa shape index (κ1) is 22.3. The van der Waals surface area contributed by atoms with Crippen molar-refractivity contribution >= 4 is 35.0 Å². The molecule has 0 aliphatic rings. The number of amides is 2. The molecular formula is C27H23N3O2S. The molecule has 0 atom stereocenters. The molecular weight excluding hydrogens is 430 g/mol. The number of anilines is 2. The Morgan fingerprint density at radius 2 is 1.58 bits per heavy atom. The molecule has 0 aliphatic heterocycles. The first-order valence-electron chi connectivity index (χ1n) is 10.5. The smallest absolute Gasteiger partial charge is 0.255 e. The Morgan fingerprint density at radius 1 is 0.788 bits per heavy atom. The number of carbonyl (C=O) groups excluding carboxylic acids is 2. The van der Waals surface area contributed by atoms with Crippen molar-refractivity contribution in [2.24, 2.45) is 0 Å². The summed E-state index contributed by atoms with van der Waals surface area (Å²) in [6.45, 7) is 1.89. The highest BCUT2D eigenvalue weighted by molar-refractivity contribution is 7.98. The molecule has 33 heavy (non-hydrogen) atoms. The summed E-state index contributed by atoms with van der Waals surface area (Å²) in [6.07, 6.45) is 1.77. The normalized spacial score (nSPS) is 10.5. The molecule has 1 heterocycles. The minimum absolute atomic E-state index is 0.214. The van der Waals surface area contributed by atoms with Crippen LogP contribution in [0.5, 0.6) is 0 Å². The minimum atomic E-state index is -0.236. The second-order valence-corrected chi connectivity index (χ2v) is 8.46. The van der Waals surface area contributed by atoms with E-state index in [1.807, 2.05) is 73.7 Å². The largest absolute Gasteiger partial charge is 0.322 e. The number of pyridine rings is 1. The van der Waals surface area contributed by atoms with Gasteiger partial charge in [0, 0.05) is 34.5 Å². The summed E-state index contributed by atoms with van der Waals surface area (Å²) in [4.78, 5) is 29.7. The number of carbonyl (C=O) groups is 2. The number of hydrogen-bond acceptors (Lipinski definition) is 4. The minimum Gasteiger partial charge on any atom is -0.322 e. The van der Waals surface area contributed by atoms with E-state index in [4.69, 9.17) is 0 Å². The lowest BCUT2D eigenvalue weighted by Gasteiger charge is -2.12. The van der Waals surface area contributed by atoms with E-state index in [1.54, 1.807) is 42.2 Å². The first-order valence-corrected chi connectivity index (χ1v) is 11.5. The van der Waals surface area contributed by atoms with E-state index in [0.717, 1.165) is 27.6 Å². The van der Waals surface area contributed by atoms with Crippen LogP contribution < -0.4 is 10.6 Å². The van der Waals surface area contributed by atoms with E-state index in [2.05, 4.69) is 15.6 Å². The van der Waals surface area contributed by atoms with Crippen LogP contribution in [0.25, 0.3) is 0 Å². The quantitative estimate of drug-likeness (QED) is 0.328. The number of benzene rings is 3. The van der Waals surface area contributed by atoms with E-state index in [1.165, 1.54) is 0 Å². The van der Waals surface area contributed by atoms with Gasteiger partial charge in [-0.25, -0.2) is 4.98 Å². The third kappa shape index (κ3) is 6.08. The lowest BCUT2D eigenvalue weighted by molar-refractivity contribution is 0.101. The van der Waals surface area contributed by atoms with Crippen molar-refractivity contribution in [1.82, 2.24) is 4.98 Å². The molecule has 6 heteroatoms. The van der Waals surface area contributed by atoms with Crippen LogP contribution in [0.2, 0.25) is 0 Å². The van der Waals surface area contributed by atoms with E-state index in [0.29, 0.717) is 16.8 Å². The van der Waals surface area contributed by atoms with Crippen molar-refractivity contribution in [2.75, 3.05) is 10.6 Å². The topological polar surface area (TPSA) is 71.1 Å². The Bertz CT molecular complexity index is 1260. The summed E-state index contributed by atoms with van der Waals surface area (Å²) in [6, 6.07) is 27.9. The Balaban J connectivity index is 1.43. The number of rotatable bonds is 7. The Labute approximate surface area is 197 Å². The summed E-state index contributed by atoms with van der Waals surface area (Å²) in [5.41, 5.74) is 4.32. The van der Waals surface area contributed by atoms with Crippen LogP contribution in [0.4, 0.5) is 11.4 Å². The molecule has 4 rings (SSSR count). The van der Waals surface area contributed by atoms with Crippen molar-refractivity contribution in [3.05, 3.63) is 119 Å². The molecule has 0 fully saturated rings. The van der Waals surface area contributed by atoms with Gasteiger partial charge in [-0.15, -0.1) is 11.8 Å². The molecule has 0 bridgehead atoms. The van der Waals surface area contributed by atoms with Crippen LogP contribution >= 0.6 is 11.8 Å². The van der Waals surface area contributed by atoms with Gasteiger partial charge in [0.25, 0.3) is 11.8 Å². The van der Waals surface area contributed by atoms with E-state index >= 15 is 0 Å². The van der Waals surface area contributed by atoms with Gasteiger partial charge in [0.1, 0.15) is 0 Å². The lowest BCUT2D eigenvalue weighted by Crippen LogP contribution is -2.15. The van der Waals surface area contributed by atoms with Gasteiger partial charge in [-0.1, -0.05) is 42.5 Å². The zero-order valence-electron chi connectivity index (χ0n) is 18.1. The van der Waals surface area contributed by atoms with E-state index in [9.17, 15) is 9.59 Å². The second-order valence-electron chi connectivity index (χ2n) is 7.46. The monoisotopic (exact) mass is 453 g/mol. The summed E-state index contributed by atoms with van der Waals surface area (Å²) in [7, 11) is 0. The number of aromatic nitrogens is 1. The van der Waals surface area contributed by atoms with Crippen molar-refractivity contribution in [3.63, 3.8) is 0 Å². The molecule has 0 radical (unpaired) electrons. The molecule has 164 valence electrons. The molecule has 1 aromatic heterocycles. The maximum absolute atomic E-state index is 12.9. The predicted octanol–water partition coefficient (Wildman–Crippen LogP) is 6.19. The fourth-order valence-electron chi connectivity index (χ4n) is 3.21. The lowest BCUT2D eigenvalue weighted by atomic mass is 10.1. The van der Waals surface area contributed by atoms with E-state index in [-0.39, 0.29) is 11.8 Å². The number of nitrogens with one attached hydrogen (secondary N) is 2. The summed E-state index contributed by atoms with van der Waals surface area (Å²) < 4.78 is 0. The zero-order chi connectivity index (χ0) is 23.0. The van der Waals surface area contributed by atoms with Crippen molar-refractivity contribution < 1.29 is 9.59 Å². The maximum Gasteiger partial charge on any atom is 0.255 e. The molecule has 0 unspecified atom stereocenters. The third-order valence-electron chi connectivity index (χ3n) is 4.99. The zero-order valence-corrected chi connectivity index (χ0v) is 18.9. The highest BCUT2D eigenvalue weighted by Gasteiger charge is 2.12. The number of thioether (sulfide) groups is 1. The Morgan fingerprint density at radius 3 is 2.36 bits per heavy atom.